The minimum absolute atomic E-state index is 1.17. The van der Waals surface area contributed by atoms with Crippen LogP contribution in [0.5, 0.6) is 0 Å². The average Bonchev–Trinajstić information content (AvgIpc) is 3.71. The molecule has 0 saturated carbocycles. The van der Waals surface area contributed by atoms with Crippen molar-refractivity contribution in [1.29, 1.82) is 0 Å². The number of nitrogens with zero attached hydrogens (tertiary/aromatic N) is 2. The molecule has 7 aromatic carbocycles. The second-order valence-electron chi connectivity index (χ2n) is 13.6. The van der Waals surface area contributed by atoms with Gasteiger partial charge in [-0.3, -0.25) is 0 Å². The average molecular weight is 641 g/mol. The van der Waals surface area contributed by atoms with E-state index < -0.39 is 0 Å². The van der Waals surface area contributed by atoms with Crippen molar-refractivity contribution in [3.05, 3.63) is 175 Å². The number of para-hydroxylation sites is 2. The maximum Gasteiger partial charge on any atom is 0.0541 e. The summed E-state index contributed by atoms with van der Waals surface area (Å²) in [6.45, 7) is 0. The van der Waals surface area contributed by atoms with Gasteiger partial charge in [-0.15, -0.1) is 0 Å². The molecule has 0 radical (unpaired) electrons. The van der Waals surface area contributed by atoms with Gasteiger partial charge >= 0.3 is 0 Å². The highest BCUT2D eigenvalue weighted by Crippen LogP contribution is 2.39. The van der Waals surface area contributed by atoms with E-state index >= 15 is 0 Å². The summed E-state index contributed by atoms with van der Waals surface area (Å²) in [5.41, 5.74) is 15.1. The molecule has 10 rings (SSSR count). The predicted octanol–water partition coefficient (Wildman–Crippen LogP) is 13.2. The van der Waals surface area contributed by atoms with Gasteiger partial charge in [0.25, 0.3) is 0 Å². The Labute approximate surface area is 292 Å². The van der Waals surface area contributed by atoms with Gasteiger partial charge < -0.3 is 9.13 Å². The molecule has 2 nitrogen and oxygen atoms in total. The third-order valence-electron chi connectivity index (χ3n) is 10.7. The van der Waals surface area contributed by atoms with Crippen LogP contribution in [0.4, 0.5) is 0 Å². The van der Waals surface area contributed by atoms with Gasteiger partial charge in [0.15, 0.2) is 0 Å². The summed E-state index contributed by atoms with van der Waals surface area (Å²) >= 11 is 0. The maximum atomic E-state index is 2.45. The molecule has 0 bridgehead atoms. The van der Waals surface area contributed by atoms with E-state index in [1.54, 1.807) is 0 Å². The number of rotatable bonds is 5. The topological polar surface area (TPSA) is 9.86 Å². The van der Waals surface area contributed by atoms with Crippen molar-refractivity contribution in [3.8, 4) is 33.6 Å². The van der Waals surface area contributed by atoms with E-state index in [4.69, 9.17) is 0 Å². The highest BCUT2D eigenvalue weighted by molar-refractivity contribution is 6.12. The summed E-state index contributed by atoms with van der Waals surface area (Å²) in [6.07, 6.45) is 7.38. The molecular weight excluding hydrogens is 605 g/mol. The molecule has 1 aliphatic rings. The first kappa shape index (κ1) is 28.9. The molecule has 9 aromatic rings. The molecule has 2 aromatic heterocycles. The maximum absolute atomic E-state index is 2.45. The van der Waals surface area contributed by atoms with Gasteiger partial charge in [-0.05, 0) is 120 Å². The van der Waals surface area contributed by atoms with Crippen LogP contribution in [0.15, 0.2) is 170 Å². The lowest BCUT2D eigenvalue weighted by Crippen LogP contribution is -1.97. The van der Waals surface area contributed by atoms with Crippen LogP contribution >= 0.6 is 0 Å². The monoisotopic (exact) mass is 640 g/mol. The van der Waals surface area contributed by atoms with E-state index in [1.165, 1.54) is 114 Å². The first-order valence-electron chi connectivity index (χ1n) is 17.8. The smallest absolute Gasteiger partial charge is 0.0541 e. The minimum Gasteiger partial charge on any atom is -0.309 e. The fraction of sp³-hybridized carbons (Fsp3) is 0.0833. The Hall–Kier alpha value is -6.12. The van der Waals surface area contributed by atoms with E-state index in [1.807, 2.05) is 0 Å². The minimum atomic E-state index is 1.17. The van der Waals surface area contributed by atoms with Crippen LogP contribution in [0.1, 0.15) is 31.2 Å². The van der Waals surface area contributed by atoms with Crippen LogP contribution in [0.25, 0.3) is 82.8 Å². The van der Waals surface area contributed by atoms with Crippen molar-refractivity contribution in [3.63, 3.8) is 0 Å². The molecule has 0 atom stereocenters. The van der Waals surface area contributed by atoms with Crippen molar-refractivity contribution in [2.45, 2.75) is 25.7 Å². The van der Waals surface area contributed by atoms with Crippen LogP contribution in [-0.2, 0) is 0 Å². The van der Waals surface area contributed by atoms with Gasteiger partial charge in [0.1, 0.15) is 0 Å². The molecule has 0 fully saturated rings. The van der Waals surface area contributed by atoms with Crippen molar-refractivity contribution < 1.29 is 0 Å². The van der Waals surface area contributed by atoms with Gasteiger partial charge in [0.05, 0.1) is 22.1 Å². The van der Waals surface area contributed by atoms with E-state index in [-0.39, 0.29) is 0 Å². The molecule has 2 heterocycles. The molecule has 0 unspecified atom stereocenters. The standard InChI is InChI=1S/C48H36N2/c1-3-12-33(13-4-1)35-22-26-39(27-23-35)49-45-20-9-7-18-41(45)43-31-37(24-28-47(43)49)38-25-29-48-44(32-38)42-19-8-10-21-46(42)50(48)40-17-11-16-36(30-40)34-14-5-2-6-15-34/h1,3-4,7-14,16-32H,2,5-6,15H2. The summed E-state index contributed by atoms with van der Waals surface area (Å²) in [5.74, 6) is 0. The van der Waals surface area contributed by atoms with Gasteiger partial charge in [-0.2, -0.15) is 0 Å². The highest BCUT2D eigenvalue weighted by Gasteiger charge is 2.17. The zero-order valence-corrected chi connectivity index (χ0v) is 27.9. The van der Waals surface area contributed by atoms with Gasteiger partial charge in [-0.25, -0.2) is 0 Å². The third-order valence-corrected chi connectivity index (χ3v) is 10.7. The predicted molar refractivity (Wildman–Crippen MR) is 212 cm³/mol. The van der Waals surface area contributed by atoms with Crippen molar-refractivity contribution >= 4 is 49.2 Å². The Morgan fingerprint density at radius 3 is 1.52 bits per heavy atom. The summed E-state index contributed by atoms with van der Waals surface area (Å²) in [7, 11) is 0. The molecule has 2 heteroatoms. The van der Waals surface area contributed by atoms with E-state index in [2.05, 4.69) is 179 Å². The molecule has 0 aliphatic heterocycles. The molecule has 0 N–H and O–H groups in total. The Balaban J connectivity index is 1.09. The number of allylic oxidation sites excluding steroid dienone is 2. The molecule has 0 amide bonds. The van der Waals surface area contributed by atoms with Crippen LogP contribution in [0, 0.1) is 0 Å². The summed E-state index contributed by atoms with van der Waals surface area (Å²) in [5, 5.41) is 5.09. The molecule has 0 spiro atoms. The third kappa shape index (κ3) is 4.71. The number of hydrogen-bond donors (Lipinski definition) is 0. The van der Waals surface area contributed by atoms with Crippen LogP contribution in [0.2, 0.25) is 0 Å². The second kappa shape index (κ2) is 11.8. The quantitative estimate of drug-likeness (QED) is 0.177. The lowest BCUT2D eigenvalue weighted by Gasteiger charge is -2.15. The number of aromatic nitrogens is 2. The lowest BCUT2D eigenvalue weighted by molar-refractivity contribution is 0.742. The number of fused-ring (bicyclic) bond motifs is 6. The van der Waals surface area contributed by atoms with Crippen LogP contribution < -0.4 is 0 Å². The molecule has 50 heavy (non-hydrogen) atoms. The first-order chi connectivity index (χ1) is 24.8. The molecular formula is C48H36N2. The normalized spacial score (nSPS) is 13.4. The van der Waals surface area contributed by atoms with Gasteiger partial charge in [-0.1, -0.05) is 109 Å². The Morgan fingerprint density at radius 2 is 0.880 bits per heavy atom. The van der Waals surface area contributed by atoms with Crippen molar-refractivity contribution in [2.75, 3.05) is 0 Å². The number of hydrogen-bond acceptors (Lipinski definition) is 0. The van der Waals surface area contributed by atoms with Crippen molar-refractivity contribution in [1.82, 2.24) is 9.13 Å². The van der Waals surface area contributed by atoms with Crippen LogP contribution in [-0.4, -0.2) is 9.13 Å². The fourth-order valence-corrected chi connectivity index (χ4v) is 8.24. The molecule has 0 saturated heterocycles. The molecule has 238 valence electrons. The van der Waals surface area contributed by atoms with Crippen LogP contribution in [0.3, 0.4) is 0 Å². The van der Waals surface area contributed by atoms with E-state index in [0.29, 0.717) is 0 Å². The first-order valence-corrected chi connectivity index (χ1v) is 17.8. The summed E-state index contributed by atoms with van der Waals surface area (Å²) in [4.78, 5) is 0. The Bertz CT molecular complexity index is 2740. The summed E-state index contributed by atoms with van der Waals surface area (Å²) < 4.78 is 4.85. The van der Waals surface area contributed by atoms with E-state index in [0.717, 1.165) is 0 Å². The fourth-order valence-electron chi connectivity index (χ4n) is 8.24. The highest BCUT2D eigenvalue weighted by atomic mass is 15.0. The Morgan fingerprint density at radius 1 is 0.340 bits per heavy atom. The zero-order valence-electron chi connectivity index (χ0n) is 27.9. The number of benzene rings is 7. The lowest BCUT2D eigenvalue weighted by atomic mass is 9.93. The van der Waals surface area contributed by atoms with Crippen molar-refractivity contribution in [2.24, 2.45) is 0 Å². The molecule has 1 aliphatic carbocycles. The summed E-state index contributed by atoms with van der Waals surface area (Å²) in [6, 6.07) is 60.3. The second-order valence-corrected chi connectivity index (χ2v) is 13.6. The largest absolute Gasteiger partial charge is 0.309 e. The SMILES string of the molecule is C1=C(c2cccc(-n3c4ccccc4c4cc(-c5ccc6c(c5)c5ccccc5n6-c5ccc(-c6ccccc6)cc5)ccc43)c2)CCCC1. The van der Waals surface area contributed by atoms with Gasteiger partial charge in [0.2, 0.25) is 0 Å². The zero-order chi connectivity index (χ0) is 33.0. The Kier molecular flexibility index (Phi) is 6.80. The van der Waals surface area contributed by atoms with Gasteiger partial charge in [0, 0.05) is 32.9 Å². The van der Waals surface area contributed by atoms with E-state index in [9.17, 15) is 0 Å².